The molecule has 0 saturated carbocycles. The van der Waals surface area contributed by atoms with Gasteiger partial charge in [-0.3, -0.25) is 0 Å². The number of hydrogen-bond acceptors (Lipinski definition) is 13. The van der Waals surface area contributed by atoms with Crippen LogP contribution in [0.3, 0.4) is 0 Å². The molecule has 5 heterocycles. The first kappa shape index (κ1) is 40.0. The number of H-pyrrole nitrogens is 4. The Bertz CT molecular complexity index is 2900. The molecule has 54 heavy (non-hydrogen) atoms. The third-order valence-corrected chi connectivity index (χ3v) is 13.1. The molecule has 8 nitrogen and oxygen atoms in total. The van der Waals surface area contributed by atoms with Gasteiger partial charge in [0.05, 0.1) is 57.7 Å². The molecular weight excluding hydrogens is 870 g/mol. The van der Waals surface area contributed by atoms with E-state index in [0.717, 1.165) is 78.5 Å². The minimum Gasteiger partial charge on any atom is -0.399 e. The van der Waals surface area contributed by atoms with Crippen LogP contribution < -0.4 is 11.5 Å². The standard InChI is InChI=1S/C8H7NOS2.C7H4ClNS2.C7H6N2S2.C7H6N2S.C7H5NS2/c10-4-5-1-2-7-6(3-5)9-8(11)12-7;8-4-1-2-6-5(3-4)9-7(10)11-6;8-4-1-2-5-6(3-4)11-7(10)9-5;8-7-9-5-3-1-2-4-6(5)10-7;9-7-8-5-3-1-2-4-6(5)10-7/h1-3,10H,4H2,(H,9,11);1-3H,(H,9,10);1-3H,8H2,(H,9,10);1-4H,(H2,8,9);1-4H,(H,8,9). The van der Waals surface area contributed by atoms with Gasteiger partial charge in [-0.25, -0.2) is 4.98 Å². The number of aromatic amines is 4. The van der Waals surface area contributed by atoms with Crippen LogP contribution in [0.25, 0.3) is 51.1 Å². The van der Waals surface area contributed by atoms with Crippen molar-refractivity contribution < 1.29 is 5.11 Å². The van der Waals surface area contributed by atoms with Crippen molar-refractivity contribution >= 4 is 179 Å². The number of aromatic nitrogens is 5. The summed E-state index contributed by atoms with van der Waals surface area (Å²) < 4.78 is 9.01. The minimum absolute atomic E-state index is 0.0758. The van der Waals surface area contributed by atoms with Crippen molar-refractivity contribution in [1.29, 1.82) is 0 Å². The molecule has 0 bridgehead atoms. The Morgan fingerprint density at radius 1 is 0.537 bits per heavy atom. The fraction of sp³-hybridized carbons (Fsp3) is 0.0278. The number of nitrogens with zero attached hydrogens (tertiary/aromatic N) is 1. The molecule has 0 aliphatic heterocycles. The van der Waals surface area contributed by atoms with Gasteiger partial charge in [0.1, 0.15) is 0 Å². The summed E-state index contributed by atoms with van der Waals surface area (Å²) in [6.07, 6.45) is 0. The average molecular weight is 899 g/mol. The molecule has 0 aliphatic carbocycles. The zero-order chi connectivity index (χ0) is 38.2. The van der Waals surface area contributed by atoms with Gasteiger partial charge in [-0.1, -0.05) is 53.3 Å². The number of anilines is 2. The van der Waals surface area contributed by atoms with Gasteiger partial charge < -0.3 is 36.5 Å². The van der Waals surface area contributed by atoms with Gasteiger partial charge in [-0.2, -0.15) is 0 Å². The van der Waals surface area contributed by atoms with Crippen LogP contribution in [0, 0.1) is 15.8 Å². The number of nitrogens with two attached hydrogens (primary N) is 2. The lowest BCUT2D eigenvalue weighted by atomic mass is 10.2. The van der Waals surface area contributed by atoms with E-state index in [1.165, 1.54) is 16.0 Å². The minimum atomic E-state index is 0.0758. The smallest absolute Gasteiger partial charge is 0.181 e. The highest BCUT2D eigenvalue weighted by molar-refractivity contribution is 7.74. The quantitative estimate of drug-likeness (QED) is 0.0636. The molecule has 18 heteroatoms. The van der Waals surface area contributed by atoms with E-state index in [9.17, 15) is 0 Å². The van der Waals surface area contributed by atoms with Crippen LogP contribution in [0.4, 0.5) is 10.8 Å². The number of hydrogen-bond donors (Lipinski definition) is 7. The van der Waals surface area contributed by atoms with E-state index >= 15 is 0 Å². The number of halogens is 1. The number of aliphatic hydroxyl groups is 1. The topological polar surface area (TPSA) is 148 Å². The van der Waals surface area contributed by atoms with E-state index in [2.05, 4.69) is 31.0 Å². The number of thiazole rings is 5. The van der Waals surface area contributed by atoms with Gasteiger partial charge in [0, 0.05) is 10.7 Å². The highest BCUT2D eigenvalue weighted by Gasteiger charge is 1.99. The fourth-order valence-electron chi connectivity index (χ4n) is 4.77. The lowest BCUT2D eigenvalue weighted by Gasteiger charge is -1.93. The van der Waals surface area contributed by atoms with Gasteiger partial charge in [-0.15, -0.1) is 45.3 Å². The molecule has 5 aromatic carbocycles. The molecule has 0 unspecified atom stereocenters. The Labute approximate surface area is 353 Å². The number of para-hydroxylation sites is 2. The second kappa shape index (κ2) is 18.7. The van der Waals surface area contributed by atoms with Crippen LogP contribution in [-0.2, 0) is 6.61 Å². The fourth-order valence-corrected chi connectivity index (χ4v) is 10.1. The molecule has 274 valence electrons. The molecule has 0 saturated heterocycles. The molecule has 10 aromatic rings. The third-order valence-electron chi connectivity index (χ3n) is 7.13. The number of rotatable bonds is 1. The number of aliphatic hydroxyl groups excluding tert-OH is 1. The highest BCUT2D eigenvalue weighted by atomic mass is 35.5. The summed E-state index contributed by atoms with van der Waals surface area (Å²) in [4.78, 5) is 16.4. The molecule has 0 radical (unpaired) electrons. The molecule has 0 aliphatic rings. The maximum absolute atomic E-state index is 8.87. The maximum Gasteiger partial charge on any atom is 0.181 e. The monoisotopic (exact) mass is 897 g/mol. The second-order valence-electron chi connectivity index (χ2n) is 11.0. The normalized spacial score (nSPS) is 10.6. The lowest BCUT2D eigenvalue weighted by molar-refractivity contribution is 0.282. The molecule has 9 N–H and O–H groups in total. The molecule has 0 atom stereocenters. The molecule has 0 amide bonds. The van der Waals surface area contributed by atoms with Crippen LogP contribution in [0.15, 0.2) is 103 Å². The Kier molecular flexibility index (Phi) is 13.9. The molecule has 10 rings (SSSR count). The van der Waals surface area contributed by atoms with E-state index in [4.69, 9.17) is 77.0 Å². The first-order chi connectivity index (χ1) is 26.0. The van der Waals surface area contributed by atoms with E-state index in [-0.39, 0.29) is 6.61 Å². The zero-order valence-corrected chi connectivity index (χ0v) is 35.7. The van der Waals surface area contributed by atoms with E-state index in [1.54, 1.807) is 45.3 Å². The summed E-state index contributed by atoms with van der Waals surface area (Å²) in [6, 6.07) is 33.3. The summed E-state index contributed by atoms with van der Waals surface area (Å²) in [5.74, 6) is 0. The SMILES string of the molecule is Nc1ccc2[nH]c(=S)sc2c1.Nc1nc2ccccc2s1.OCc1ccc2sc(=S)[nH]c2c1.S=c1[nH]c2cc(Cl)ccc2s1.S=c1[nH]c2ccccc2s1. The van der Waals surface area contributed by atoms with E-state index in [1.807, 2.05) is 97.1 Å². The summed E-state index contributed by atoms with van der Waals surface area (Å²) in [7, 11) is 0. The van der Waals surface area contributed by atoms with E-state index in [0.29, 0.717) is 5.13 Å². The van der Waals surface area contributed by atoms with Crippen molar-refractivity contribution in [3.8, 4) is 0 Å². The summed E-state index contributed by atoms with van der Waals surface area (Å²) in [5.41, 5.74) is 18.0. The van der Waals surface area contributed by atoms with Gasteiger partial charge in [0.2, 0.25) is 0 Å². The number of fused-ring (bicyclic) bond motifs is 5. The van der Waals surface area contributed by atoms with Crippen LogP contribution in [0.1, 0.15) is 5.56 Å². The Morgan fingerprint density at radius 2 is 1.06 bits per heavy atom. The predicted octanol–water partition coefficient (Wildman–Crippen LogP) is 13.4. The molecule has 5 aromatic heterocycles. The highest BCUT2D eigenvalue weighted by Crippen LogP contribution is 2.24. The maximum atomic E-state index is 8.87. The molecule has 0 fully saturated rings. The third kappa shape index (κ3) is 10.9. The summed E-state index contributed by atoms with van der Waals surface area (Å²) >= 11 is 33.5. The molecular formula is C36H28ClN7OS9. The largest absolute Gasteiger partial charge is 0.399 e. The first-order valence-electron chi connectivity index (χ1n) is 15.6. The van der Waals surface area contributed by atoms with Gasteiger partial charge >= 0.3 is 0 Å². The van der Waals surface area contributed by atoms with Crippen LogP contribution in [0.2, 0.25) is 5.02 Å². The number of benzene rings is 5. The van der Waals surface area contributed by atoms with Crippen molar-refractivity contribution in [2.24, 2.45) is 0 Å². The summed E-state index contributed by atoms with van der Waals surface area (Å²) in [5, 5.41) is 10.2. The van der Waals surface area contributed by atoms with E-state index < -0.39 is 0 Å². The average Bonchev–Trinajstić information content (AvgIpc) is 3.97. The van der Waals surface area contributed by atoms with Gasteiger partial charge in [0.25, 0.3) is 0 Å². The van der Waals surface area contributed by atoms with Crippen molar-refractivity contribution in [2.45, 2.75) is 6.61 Å². The Hall–Kier alpha value is -3.72. The first-order valence-corrected chi connectivity index (χ1v) is 21.7. The summed E-state index contributed by atoms with van der Waals surface area (Å²) in [6.45, 7) is 0.0758. The molecule has 0 spiro atoms. The zero-order valence-electron chi connectivity index (χ0n) is 27.6. The van der Waals surface area contributed by atoms with Gasteiger partial charge in [-0.05, 0) is 127 Å². The Morgan fingerprint density at radius 3 is 1.69 bits per heavy atom. The van der Waals surface area contributed by atoms with Crippen molar-refractivity contribution in [3.63, 3.8) is 0 Å². The van der Waals surface area contributed by atoms with Crippen LogP contribution >= 0.6 is 117 Å². The second-order valence-corrected chi connectivity index (χ2v) is 19.3. The van der Waals surface area contributed by atoms with Crippen molar-refractivity contribution in [3.05, 3.63) is 130 Å². The Balaban J connectivity index is 0.000000115. The van der Waals surface area contributed by atoms with Crippen LogP contribution in [0.5, 0.6) is 0 Å². The van der Waals surface area contributed by atoms with Crippen molar-refractivity contribution in [1.82, 2.24) is 24.9 Å². The predicted molar refractivity (Wildman–Crippen MR) is 247 cm³/mol. The van der Waals surface area contributed by atoms with Gasteiger partial charge in [0.15, 0.2) is 20.9 Å². The van der Waals surface area contributed by atoms with Crippen LogP contribution in [-0.4, -0.2) is 30.0 Å². The number of nitrogen functional groups attached to an aromatic ring is 2. The lowest BCUT2D eigenvalue weighted by Crippen LogP contribution is -1.81. The van der Waals surface area contributed by atoms with Crippen molar-refractivity contribution in [2.75, 3.05) is 11.5 Å². The number of nitrogens with one attached hydrogen (secondary N) is 4.